The number of nitrogens with one attached hydrogen (secondary N) is 1. The number of carbonyl (C=O) groups is 1. The van der Waals surface area contributed by atoms with Crippen molar-refractivity contribution in [3.05, 3.63) is 58.4 Å². The molecule has 7 heteroatoms. The molecule has 1 aromatic heterocycles. The number of aromatic nitrogens is 1. The summed E-state index contributed by atoms with van der Waals surface area (Å²) < 4.78 is 12.0. The topological polar surface area (TPSA) is 60.5 Å². The van der Waals surface area contributed by atoms with Crippen molar-refractivity contribution >= 4 is 38.3 Å². The highest BCUT2D eigenvalue weighted by Crippen LogP contribution is 2.32. The number of amides is 1. The molecule has 0 aliphatic carbocycles. The van der Waals surface area contributed by atoms with Gasteiger partial charge in [-0.05, 0) is 37.3 Å². The molecule has 26 heavy (non-hydrogen) atoms. The maximum Gasteiger partial charge on any atom is 0.264 e. The van der Waals surface area contributed by atoms with Crippen LogP contribution in [0.25, 0.3) is 11.3 Å². The highest BCUT2D eigenvalue weighted by Gasteiger charge is 2.12. The molecule has 0 bridgehead atoms. The number of hydrogen-bond donors (Lipinski definition) is 1. The highest BCUT2D eigenvalue weighted by molar-refractivity contribution is 9.10. The van der Waals surface area contributed by atoms with Gasteiger partial charge in [0.25, 0.3) is 5.91 Å². The minimum Gasteiger partial charge on any atom is -0.493 e. The summed E-state index contributed by atoms with van der Waals surface area (Å²) in [5.41, 5.74) is 1.67. The summed E-state index contributed by atoms with van der Waals surface area (Å²) in [4.78, 5) is 16.6. The van der Waals surface area contributed by atoms with Crippen molar-refractivity contribution in [3.8, 4) is 22.8 Å². The Morgan fingerprint density at radius 1 is 1.19 bits per heavy atom. The Bertz CT molecular complexity index is 898. The molecule has 0 aliphatic rings. The molecule has 0 saturated carbocycles. The molecular weight excluding hydrogens is 416 g/mol. The van der Waals surface area contributed by atoms with E-state index in [9.17, 15) is 4.79 Å². The molecule has 0 fully saturated rings. The first-order chi connectivity index (χ1) is 12.7. The monoisotopic (exact) mass is 432 g/mol. The molecule has 1 amide bonds. The Kier molecular flexibility index (Phi) is 6.25. The zero-order valence-electron chi connectivity index (χ0n) is 14.1. The Labute approximate surface area is 164 Å². The Hall–Kier alpha value is -2.38. The van der Waals surface area contributed by atoms with Crippen LogP contribution in [0.5, 0.6) is 11.5 Å². The van der Waals surface area contributed by atoms with Crippen LogP contribution in [-0.2, 0) is 4.79 Å². The van der Waals surface area contributed by atoms with Crippen LogP contribution >= 0.6 is 27.3 Å². The second-order valence-electron chi connectivity index (χ2n) is 5.26. The van der Waals surface area contributed by atoms with Gasteiger partial charge >= 0.3 is 0 Å². The van der Waals surface area contributed by atoms with Crippen LogP contribution < -0.4 is 14.8 Å². The summed E-state index contributed by atoms with van der Waals surface area (Å²) >= 11 is 4.73. The van der Waals surface area contributed by atoms with Crippen molar-refractivity contribution in [2.24, 2.45) is 0 Å². The van der Waals surface area contributed by atoms with E-state index in [0.29, 0.717) is 17.5 Å². The van der Waals surface area contributed by atoms with Crippen LogP contribution in [0.3, 0.4) is 0 Å². The van der Waals surface area contributed by atoms with Gasteiger partial charge in [-0.3, -0.25) is 10.1 Å². The van der Waals surface area contributed by atoms with Gasteiger partial charge in [0, 0.05) is 15.4 Å². The largest absolute Gasteiger partial charge is 0.493 e. The van der Waals surface area contributed by atoms with Crippen LogP contribution in [0.15, 0.2) is 58.4 Å². The third-order valence-corrected chi connectivity index (χ3v) is 4.63. The van der Waals surface area contributed by atoms with Crippen LogP contribution in [0.1, 0.15) is 6.92 Å². The molecule has 2 aromatic carbocycles. The number of anilines is 1. The fourth-order valence-corrected chi connectivity index (χ4v) is 3.38. The van der Waals surface area contributed by atoms with Crippen molar-refractivity contribution in [2.45, 2.75) is 6.92 Å². The maximum atomic E-state index is 12.1. The molecule has 134 valence electrons. The van der Waals surface area contributed by atoms with Crippen molar-refractivity contribution in [3.63, 3.8) is 0 Å². The second kappa shape index (κ2) is 8.82. The van der Waals surface area contributed by atoms with Crippen molar-refractivity contribution in [1.82, 2.24) is 4.98 Å². The molecule has 1 heterocycles. The summed E-state index contributed by atoms with van der Waals surface area (Å²) in [5.74, 6) is 1.14. The predicted octanol–water partition coefficient (Wildman–Crippen LogP) is 4.99. The smallest absolute Gasteiger partial charge is 0.264 e. The van der Waals surface area contributed by atoms with E-state index in [1.807, 2.05) is 48.7 Å². The molecule has 0 unspecified atom stereocenters. The number of carbonyl (C=O) groups excluding carboxylic acids is 1. The van der Waals surface area contributed by atoms with Gasteiger partial charge in [0.2, 0.25) is 0 Å². The molecule has 5 nitrogen and oxygen atoms in total. The fourth-order valence-electron chi connectivity index (χ4n) is 2.28. The van der Waals surface area contributed by atoms with Crippen LogP contribution in [0.2, 0.25) is 0 Å². The number of para-hydroxylation sites is 1. The van der Waals surface area contributed by atoms with E-state index < -0.39 is 0 Å². The lowest BCUT2D eigenvalue weighted by Crippen LogP contribution is -2.20. The minimum atomic E-state index is -0.260. The van der Waals surface area contributed by atoms with E-state index in [1.54, 1.807) is 12.1 Å². The predicted molar refractivity (Wildman–Crippen MR) is 107 cm³/mol. The van der Waals surface area contributed by atoms with E-state index in [2.05, 4.69) is 26.2 Å². The first-order valence-corrected chi connectivity index (χ1v) is 9.69. The molecule has 3 aromatic rings. The number of ether oxygens (including phenoxy) is 2. The van der Waals surface area contributed by atoms with Crippen LogP contribution in [-0.4, -0.2) is 24.1 Å². The lowest BCUT2D eigenvalue weighted by atomic mass is 10.1. The van der Waals surface area contributed by atoms with Gasteiger partial charge in [0.1, 0.15) is 11.5 Å². The number of benzene rings is 2. The van der Waals surface area contributed by atoms with Gasteiger partial charge in [0.15, 0.2) is 11.7 Å². The van der Waals surface area contributed by atoms with Gasteiger partial charge in [0.05, 0.1) is 12.3 Å². The lowest BCUT2D eigenvalue weighted by molar-refractivity contribution is -0.118. The zero-order chi connectivity index (χ0) is 18.4. The summed E-state index contributed by atoms with van der Waals surface area (Å²) in [7, 11) is 0. The maximum absolute atomic E-state index is 12.1. The molecule has 0 atom stereocenters. The van der Waals surface area contributed by atoms with E-state index in [0.717, 1.165) is 21.5 Å². The highest BCUT2D eigenvalue weighted by atomic mass is 79.9. The number of thiazole rings is 1. The fraction of sp³-hybridized carbons (Fsp3) is 0.158. The molecule has 1 N–H and O–H groups in total. The molecule has 0 radical (unpaired) electrons. The molecule has 0 spiro atoms. The Morgan fingerprint density at radius 3 is 2.85 bits per heavy atom. The van der Waals surface area contributed by atoms with Gasteiger partial charge in [-0.25, -0.2) is 4.98 Å². The summed E-state index contributed by atoms with van der Waals surface area (Å²) in [5, 5.41) is 5.17. The van der Waals surface area contributed by atoms with E-state index >= 15 is 0 Å². The number of rotatable bonds is 7. The SMILES string of the molecule is CCOc1ccccc1-c1csc(NC(=O)COc2cccc(Br)c2)n1. The van der Waals surface area contributed by atoms with E-state index in [1.165, 1.54) is 11.3 Å². The number of nitrogens with zero attached hydrogens (tertiary/aromatic N) is 1. The third-order valence-electron chi connectivity index (χ3n) is 3.38. The van der Waals surface area contributed by atoms with Crippen molar-refractivity contribution < 1.29 is 14.3 Å². The third kappa shape index (κ3) is 4.83. The zero-order valence-corrected chi connectivity index (χ0v) is 16.5. The summed E-state index contributed by atoms with van der Waals surface area (Å²) in [6.45, 7) is 2.44. The quantitative estimate of drug-likeness (QED) is 0.571. The minimum absolute atomic E-state index is 0.0824. The molecular formula is C19H17BrN2O3S. The van der Waals surface area contributed by atoms with Crippen LogP contribution in [0.4, 0.5) is 5.13 Å². The molecule has 0 aliphatic heterocycles. The average molecular weight is 433 g/mol. The van der Waals surface area contributed by atoms with Gasteiger partial charge < -0.3 is 9.47 Å². The van der Waals surface area contributed by atoms with Crippen molar-refractivity contribution in [2.75, 3.05) is 18.5 Å². The standard InChI is InChI=1S/C19H17BrN2O3S/c1-2-24-17-9-4-3-8-15(17)16-12-26-19(21-16)22-18(23)11-25-14-7-5-6-13(20)10-14/h3-10,12H,2,11H2,1H3,(H,21,22,23). The molecule has 0 saturated heterocycles. The Morgan fingerprint density at radius 2 is 2.04 bits per heavy atom. The van der Waals surface area contributed by atoms with Crippen molar-refractivity contribution in [1.29, 1.82) is 0 Å². The average Bonchev–Trinajstić information content (AvgIpc) is 3.09. The molecule has 3 rings (SSSR count). The lowest BCUT2D eigenvalue weighted by Gasteiger charge is -2.07. The first kappa shape index (κ1) is 18.4. The van der Waals surface area contributed by atoms with Gasteiger partial charge in [-0.15, -0.1) is 11.3 Å². The van der Waals surface area contributed by atoms with E-state index in [-0.39, 0.29) is 12.5 Å². The van der Waals surface area contributed by atoms with Gasteiger partial charge in [-0.2, -0.15) is 0 Å². The van der Waals surface area contributed by atoms with E-state index in [4.69, 9.17) is 9.47 Å². The first-order valence-electron chi connectivity index (χ1n) is 8.01. The number of hydrogen-bond acceptors (Lipinski definition) is 5. The summed E-state index contributed by atoms with van der Waals surface area (Å²) in [6, 6.07) is 15.0. The van der Waals surface area contributed by atoms with Crippen LogP contribution in [0, 0.1) is 0 Å². The summed E-state index contributed by atoms with van der Waals surface area (Å²) in [6.07, 6.45) is 0. The number of halogens is 1. The van der Waals surface area contributed by atoms with Gasteiger partial charge in [-0.1, -0.05) is 34.1 Å². The second-order valence-corrected chi connectivity index (χ2v) is 7.04. The Balaban J connectivity index is 1.62. The normalized spacial score (nSPS) is 10.4.